The van der Waals surface area contributed by atoms with Crippen LogP contribution in [0.15, 0.2) is 16.9 Å². The lowest BCUT2D eigenvalue weighted by Gasteiger charge is -2.21. The number of hydrogen-bond donors (Lipinski definition) is 2. The first kappa shape index (κ1) is 10.6. The van der Waals surface area contributed by atoms with E-state index in [1.807, 2.05) is 0 Å². The van der Waals surface area contributed by atoms with Crippen LogP contribution in [0, 0.1) is 5.82 Å². The van der Waals surface area contributed by atoms with Gasteiger partial charge in [-0.1, -0.05) is 0 Å². The summed E-state index contributed by atoms with van der Waals surface area (Å²) in [5, 5.41) is 18.4. The Kier molecular flexibility index (Phi) is 3.00. The zero-order valence-corrected chi connectivity index (χ0v) is 8.55. The van der Waals surface area contributed by atoms with Gasteiger partial charge in [0.2, 0.25) is 0 Å². The second-order valence-corrected chi connectivity index (χ2v) is 3.73. The third-order valence-electron chi connectivity index (χ3n) is 1.71. The molecule has 0 amide bonds. The summed E-state index contributed by atoms with van der Waals surface area (Å²) in [6, 6.07) is 1.34. The molecule has 1 atom stereocenters. The number of aliphatic hydroxyl groups excluding tert-OH is 1. The quantitative estimate of drug-likeness (QED) is 0.775. The second kappa shape index (κ2) is 3.69. The van der Waals surface area contributed by atoms with Gasteiger partial charge < -0.3 is 10.2 Å². The smallest absolute Gasteiger partial charge is 0.147 e. The largest absolute Gasteiger partial charge is 0.393 e. The second-order valence-electron chi connectivity index (χ2n) is 2.92. The Morgan fingerprint density at radius 3 is 2.85 bits per heavy atom. The number of nitrogens with zero attached hydrogens (tertiary/aromatic N) is 1. The van der Waals surface area contributed by atoms with Crippen LogP contribution < -0.4 is 0 Å². The molecule has 0 aliphatic rings. The van der Waals surface area contributed by atoms with E-state index in [1.54, 1.807) is 0 Å². The molecule has 0 saturated heterocycles. The molecule has 1 heterocycles. The standard InChI is InChI=1S/C8H9BrFNO2/c1-8(13,4-12)5-2-7(9)11-3-6(5)10/h2-3,12-13H,4H2,1H3. The van der Waals surface area contributed by atoms with Gasteiger partial charge in [0.1, 0.15) is 16.0 Å². The number of rotatable bonds is 2. The Morgan fingerprint density at radius 2 is 2.31 bits per heavy atom. The van der Waals surface area contributed by atoms with Crippen molar-refractivity contribution >= 4 is 15.9 Å². The molecular formula is C8H9BrFNO2. The van der Waals surface area contributed by atoms with Gasteiger partial charge in [-0.05, 0) is 28.9 Å². The molecule has 3 nitrogen and oxygen atoms in total. The maximum Gasteiger partial charge on any atom is 0.147 e. The molecule has 0 bridgehead atoms. The predicted octanol–water partition coefficient (Wildman–Crippen LogP) is 1.18. The monoisotopic (exact) mass is 249 g/mol. The minimum Gasteiger partial charge on any atom is -0.393 e. The first-order valence-corrected chi connectivity index (χ1v) is 4.41. The van der Waals surface area contributed by atoms with Crippen LogP contribution in [0.1, 0.15) is 12.5 Å². The normalized spacial score (nSPS) is 15.5. The van der Waals surface area contributed by atoms with Gasteiger partial charge >= 0.3 is 0 Å². The first-order valence-electron chi connectivity index (χ1n) is 3.62. The third-order valence-corrected chi connectivity index (χ3v) is 2.14. The van der Waals surface area contributed by atoms with Crippen LogP contribution in [0.25, 0.3) is 0 Å². The fraction of sp³-hybridized carbons (Fsp3) is 0.375. The van der Waals surface area contributed by atoms with Gasteiger partial charge in [-0.3, -0.25) is 0 Å². The van der Waals surface area contributed by atoms with Gasteiger partial charge in [-0.2, -0.15) is 0 Å². The Balaban J connectivity index is 3.20. The van der Waals surface area contributed by atoms with Crippen LogP contribution in [0.4, 0.5) is 4.39 Å². The molecule has 1 aromatic heterocycles. The van der Waals surface area contributed by atoms with Crippen LogP contribution in [0.5, 0.6) is 0 Å². The summed E-state index contributed by atoms with van der Waals surface area (Å²) in [5.74, 6) is -0.637. The van der Waals surface area contributed by atoms with Crippen molar-refractivity contribution in [3.8, 4) is 0 Å². The van der Waals surface area contributed by atoms with Crippen molar-refractivity contribution in [1.29, 1.82) is 0 Å². The summed E-state index contributed by atoms with van der Waals surface area (Å²) in [5.41, 5.74) is -1.55. The SMILES string of the molecule is CC(O)(CO)c1cc(Br)ncc1F. The van der Waals surface area contributed by atoms with Crippen molar-refractivity contribution in [3.63, 3.8) is 0 Å². The van der Waals surface area contributed by atoms with E-state index in [0.29, 0.717) is 4.60 Å². The van der Waals surface area contributed by atoms with Crippen molar-refractivity contribution in [3.05, 3.63) is 28.2 Å². The van der Waals surface area contributed by atoms with Gasteiger partial charge in [-0.25, -0.2) is 9.37 Å². The highest BCUT2D eigenvalue weighted by Crippen LogP contribution is 2.24. The third kappa shape index (κ3) is 2.24. The summed E-state index contributed by atoms with van der Waals surface area (Å²) >= 11 is 3.05. The van der Waals surface area contributed by atoms with E-state index in [9.17, 15) is 9.50 Å². The van der Waals surface area contributed by atoms with Crippen molar-refractivity contribution in [2.75, 3.05) is 6.61 Å². The molecule has 5 heteroatoms. The summed E-state index contributed by atoms with van der Waals surface area (Å²) in [4.78, 5) is 3.64. The summed E-state index contributed by atoms with van der Waals surface area (Å²) in [6.45, 7) is 0.790. The summed E-state index contributed by atoms with van der Waals surface area (Å²) in [6.07, 6.45) is 0.990. The van der Waals surface area contributed by atoms with Crippen molar-refractivity contribution in [2.45, 2.75) is 12.5 Å². The zero-order valence-electron chi connectivity index (χ0n) is 6.96. The topological polar surface area (TPSA) is 53.4 Å². The van der Waals surface area contributed by atoms with E-state index in [-0.39, 0.29) is 5.56 Å². The van der Waals surface area contributed by atoms with Gasteiger partial charge in [0.05, 0.1) is 12.8 Å². The van der Waals surface area contributed by atoms with Crippen LogP contribution in [0.2, 0.25) is 0 Å². The minimum absolute atomic E-state index is 0.0249. The molecule has 1 unspecified atom stereocenters. The maximum atomic E-state index is 13.1. The summed E-state index contributed by atoms with van der Waals surface area (Å²) in [7, 11) is 0. The molecule has 0 saturated carbocycles. The highest BCUT2D eigenvalue weighted by atomic mass is 79.9. The fourth-order valence-electron chi connectivity index (χ4n) is 0.911. The van der Waals surface area contributed by atoms with Crippen LogP contribution in [-0.4, -0.2) is 21.8 Å². The van der Waals surface area contributed by atoms with Gasteiger partial charge in [0, 0.05) is 5.56 Å². The molecule has 1 rings (SSSR count). The molecule has 0 radical (unpaired) electrons. The van der Waals surface area contributed by atoms with Crippen LogP contribution >= 0.6 is 15.9 Å². The zero-order chi connectivity index (χ0) is 10.1. The number of aliphatic hydroxyl groups is 2. The lowest BCUT2D eigenvalue weighted by Crippen LogP contribution is -2.27. The fourth-order valence-corrected chi connectivity index (χ4v) is 1.24. The number of halogens is 2. The first-order chi connectivity index (χ1) is 5.97. The molecule has 0 aliphatic heterocycles. The Hall–Kier alpha value is -0.520. The molecule has 72 valence electrons. The predicted molar refractivity (Wildman–Crippen MR) is 48.6 cm³/mol. The van der Waals surface area contributed by atoms with Crippen molar-refractivity contribution in [2.24, 2.45) is 0 Å². The van der Waals surface area contributed by atoms with Crippen LogP contribution in [-0.2, 0) is 5.60 Å². The van der Waals surface area contributed by atoms with Gasteiger partial charge in [0.25, 0.3) is 0 Å². The molecule has 0 aliphatic carbocycles. The molecule has 1 aromatic rings. The van der Waals surface area contributed by atoms with Gasteiger partial charge in [0.15, 0.2) is 0 Å². The average molecular weight is 250 g/mol. The van der Waals surface area contributed by atoms with Crippen molar-refractivity contribution < 1.29 is 14.6 Å². The molecule has 0 aromatic carbocycles. The Labute approximate surface area is 83.4 Å². The summed E-state index contributed by atoms with van der Waals surface area (Å²) < 4.78 is 13.5. The molecular weight excluding hydrogens is 241 g/mol. The van der Waals surface area contributed by atoms with E-state index in [4.69, 9.17) is 5.11 Å². The maximum absolute atomic E-state index is 13.1. The van der Waals surface area contributed by atoms with Gasteiger partial charge in [-0.15, -0.1) is 0 Å². The molecule has 13 heavy (non-hydrogen) atoms. The Morgan fingerprint density at radius 1 is 1.69 bits per heavy atom. The number of pyridine rings is 1. The highest BCUT2D eigenvalue weighted by Gasteiger charge is 2.26. The van der Waals surface area contributed by atoms with E-state index in [2.05, 4.69) is 20.9 Å². The van der Waals surface area contributed by atoms with E-state index in [0.717, 1.165) is 6.20 Å². The lowest BCUT2D eigenvalue weighted by atomic mass is 9.98. The molecule has 0 spiro atoms. The lowest BCUT2D eigenvalue weighted by molar-refractivity contribution is -0.00523. The number of aromatic nitrogens is 1. The molecule has 0 fully saturated rings. The van der Waals surface area contributed by atoms with E-state index >= 15 is 0 Å². The minimum atomic E-state index is -1.57. The average Bonchev–Trinajstić information content (AvgIpc) is 2.09. The molecule has 2 N–H and O–H groups in total. The van der Waals surface area contributed by atoms with E-state index < -0.39 is 18.0 Å². The van der Waals surface area contributed by atoms with Crippen molar-refractivity contribution in [1.82, 2.24) is 4.98 Å². The van der Waals surface area contributed by atoms with E-state index in [1.165, 1.54) is 13.0 Å². The number of hydrogen-bond acceptors (Lipinski definition) is 3. The highest BCUT2D eigenvalue weighted by molar-refractivity contribution is 9.10. The van der Waals surface area contributed by atoms with Crippen LogP contribution in [0.3, 0.4) is 0 Å². The Bertz CT molecular complexity index is 317.